The smallest absolute Gasteiger partial charge is 0.229 e. The summed E-state index contributed by atoms with van der Waals surface area (Å²) in [5, 5.41) is 2.98. The lowest BCUT2D eigenvalue weighted by Gasteiger charge is -2.19. The maximum Gasteiger partial charge on any atom is 0.229 e. The number of amides is 2. The zero-order valence-electron chi connectivity index (χ0n) is 14.3. The predicted molar refractivity (Wildman–Crippen MR) is 96.2 cm³/mol. The molecule has 4 nitrogen and oxygen atoms in total. The number of rotatable bonds is 3. The van der Waals surface area contributed by atoms with Crippen molar-refractivity contribution in [1.29, 1.82) is 0 Å². The van der Waals surface area contributed by atoms with E-state index in [0.717, 1.165) is 28.1 Å². The molecule has 1 fully saturated rings. The van der Waals surface area contributed by atoms with E-state index in [9.17, 15) is 9.59 Å². The van der Waals surface area contributed by atoms with E-state index in [1.807, 2.05) is 63.2 Å². The molecule has 0 bridgehead atoms. The number of carbonyl (C=O) groups is 2. The average molecular weight is 322 g/mol. The molecule has 0 spiro atoms. The topological polar surface area (TPSA) is 49.4 Å². The maximum atomic E-state index is 12.6. The molecule has 24 heavy (non-hydrogen) atoms. The van der Waals surface area contributed by atoms with Crippen molar-refractivity contribution < 1.29 is 9.59 Å². The number of benzene rings is 2. The minimum Gasteiger partial charge on any atom is -0.326 e. The Morgan fingerprint density at radius 2 is 1.83 bits per heavy atom. The van der Waals surface area contributed by atoms with E-state index in [1.165, 1.54) is 0 Å². The zero-order chi connectivity index (χ0) is 17.3. The molecule has 124 valence electrons. The molecule has 0 saturated carbocycles. The van der Waals surface area contributed by atoms with Crippen molar-refractivity contribution >= 4 is 23.2 Å². The van der Waals surface area contributed by atoms with Gasteiger partial charge in [-0.15, -0.1) is 0 Å². The molecule has 0 aromatic heterocycles. The summed E-state index contributed by atoms with van der Waals surface area (Å²) in [7, 11) is 0. The number of aryl methyl sites for hydroxylation is 3. The maximum absolute atomic E-state index is 12.6. The summed E-state index contributed by atoms with van der Waals surface area (Å²) in [6.07, 6.45) is 0.255. The third-order valence-corrected chi connectivity index (χ3v) is 4.55. The molecule has 1 aliphatic rings. The van der Waals surface area contributed by atoms with Crippen molar-refractivity contribution in [3.63, 3.8) is 0 Å². The van der Waals surface area contributed by atoms with Crippen LogP contribution in [-0.4, -0.2) is 18.4 Å². The summed E-state index contributed by atoms with van der Waals surface area (Å²) in [5.74, 6) is -0.407. The second-order valence-electron chi connectivity index (χ2n) is 6.50. The quantitative estimate of drug-likeness (QED) is 0.938. The van der Waals surface area contributed by atoms with Crippen LogP contribution in [0.15, 0.2) is 42.5 Å². The van der Waals surface area contributed by atoms with Gasteiger partial charge in [0.15, 0.2) is 0 Å². The molecule has 2 aromatic carbocycles. The van der Waals surface area contributed by atoms with Gasteiger partial charge in [0.05, 0.1) is 5.92 Å². The van der Waals surface area contributed by atoms with Crippen molar-refractivity contribution in [2.24, 2.45) is 5.92 Å². The minimum atomic E-state index is -0.322. The van der Waals surface area contributed by atoms with Crippen LogP contribution >= 0.6 is 0 Å². The van der Waals surface area contributed by atoms with Gasteiger partial charge >= 0.3 is 0 Å². The van der Waals surface area contributed by atoms with Crippen LogP contribution in [0.2, 0.25) is 0 Å². The fraction of sp³-hybridized carbons (Fsp3) is 0.300. The van der Waals surface area contributed by atoms with Crippen molar-refractivity contribution in [2.75, 3.05) is 16.8 Å². The molecule has 1 unspecified atom stereocenters. The molecule has 2 amide bonds. The van der Waals surface area contributed by atoms with Crippen LogP contribution in [0.25, 0.3) is 0 Å². The summed E-state index contributed by atoms with van der Waals surface area (Å²) < 4.78 is 0. The van der Waals surface area contributed by atoms with E-state index < -0.39 is 0 Å². The Kier molecular flexibility index (Phi) is 4.38. The molecule has 4 heteroatoms. The van der Waals surface area contributed by atoms with E-state index in [0.29, 0.717) is 6.54 Å². The van der Waals surface area contributed by atoms with E-state index in [1.54, 1.807) is 4.90 Å². The summed E-state index contributed by atoms with van der Waals surface area (Å²) in [5.41, 5.74) is 4.88. The standard InChI is InChI=1S/C20H22N2O2/c1-13-8-9-14(2)17(10-13)21-20(24)16-11-19(23)22(12-16)18-7-5-4-6-15(18)3/h4-10,16H,11-12H2,1-3H3,(H,21,24). The third kappa shape index (κ3) is 3.18. The molecular weight excluding hydrogens is 300 g/mol. The van der Waals surface area contributed by atoms with Crippen LogP contribution in [0.1, 0.15) is 23.1 Å². The van der Waals surface area contributed by atoms with Gasteiger partial charge in [-0.25, -0.2) is 0 Å². The molecule has 0 radical (unpaired) electrons. The number of hydrogen-bond acceptors (Lipinski definition) is 2. The van der Waals surface area contributed by atoms with E-state index in [-0.39, 0.29) is 24.2 Å². The second kappa shape index (κ2) is 6.48. The van der Waals surface area contributed by atoms with Gasteiger partial charge in [-0.3, -0.25) is 9.59 Å². The van der Waals surface area contributed by atoms with Gasteiger partial charge in [-0.05, 0) is 49.6 Å². The van der Waals surface area contributed by atoms with Crippen LogP contribution in [-0.2, 0) is 9.59 Å². The summed E-state index contributed by atoms with van der Waals surface area (Å²) >= 11 is 0. The lowest BCUT2D eigenvalue weighted by atomic mass is 10.1. The molecule has 1 N–H and O–H groups in total. The molecule has 3 rings (SSSR count). The van der Waals surface area contributed by atoms with Crippen molar-refractivity contribution in [3.8, 4) is 0 Å². The van der Waals surface area contributed by atoms with Crippen LogP contribution < -0.4 is 10.2 Å². The van der Waals surface area contributed by atoms with Gasteiger partial charge < -0.3 is 10.2 Å². The average Bonchev–Trinajstić information content (AvgIpc) is 2.93. The first-order chi connectivity index (χ1) is 11.5. The number of anilines is 2. The monoisotopic (exact) mass is 322 g/mol. The van der Waals surface area contributed by atoms with Crippen molar-refractivity contribution in [2.45, 2.75) is 27.2 Å². The highest BCUT2D eigenvalue weighted by Crippen LogP contribution is 2.28. The molecule has 1 aliphatic heterocycles. The Morgan fingerprint density at radius 3 is 2.58 bits per heavy atom. The minimum absolute atomic E-state index is 0.00501. The summed E-state index contributed by atoms with van der Waals surface area (Å²) in [4.78, 5) is 26.7. The fourth-order valence-electron chi connectivity index (χ4n) is 3.09. The van der Waals surface area contributed by atoms with Crippen LogP contribution in [0.3, 0.4) is 0 Å². The largest absolute Gasteiger partial charge is 0.326 e. The zero-order valence-corrected chi connectivity index (χ0v) is 14.3. The van der Waals surface area contributed by atoms with E-state index in [4.69, 9.17) is 0 Å². The number of para-hydroxylation sites is 1. The first-order valence-corrected chi connectivity index (χ1v) is 8.20. The molecule has 0 aliphatic carbocycles. The second-order valence-corrected chi connectivity index (χ2v) is 6.50. The van der Waals surface area contributed by atoms with E-state index in [2.05, 4.69) is 5.32 Å². The fourth-order valence-corrected chi connectivity index (χ4v) is 3.09. The highest BCUT2D eigenvalue weighted by molar-refractivity contribution is 6.04. The number of hydrogen-bond donors (Lipinski definition) is 1. The van der Waals surface area contributed by atoms with Crippen molar-refractivity contribution in [3.05, 3.63) is 59.2 Å². The van der Waals surface area contributed by atoms with Crippen LogP contribution in [0.5, 0.6) is 0 Å². The summed E-state index contributed by atoms with van der Waals surface area (Å²) in [6, 6.07) is 13.7. The SMILES string of the molecule is Cc1ccc(C)c(NC(=O)C2CC(=O)N(c3ccccc3C)C2)c1. The van der Waals surface area contributed by atoms with Crippen LogP contribution in [0.4, 0.5) is 11.4 Å². The predicted octanol–water partition coefficient (Wildman–Crippen LogP) is 3.60. The van der Waals surface area contributed by atoms with Gasteiger partial charge in [0, 0.05) is 24.3 Å². The van der Waals surface area contributed by atoms with Gasteiger partial charge in [0.2, 0.25) is 11.8 Å². The van der Waals surface area contributed by atoms with E-state index >= 15 is 0 Å². The normalized spacial score (nSPS) is 17.2. The Hall–Kier alpha value is -2.62. The summed E-state index contributed by atoms with van der Waals surface area (Å²) in [6.45, 7) is 6.37. The van der Waals surface area contributed by atoms with Gasteiger partial charge in [0.25, 0.3) is 0 Å². The first kappa shape index (κ1) is 16.2. The highest BCUT2D eigenvalue weighted by Gasteiger charge is 2.35. The number of nitrogens with one attached hydrogen (secondary N) is 1. The highest BCUT2D eigenvalue weighted by atomic mass is 16.2. The number of carbonyl (C=O) groups excluding carboxylic acids is 2. The Labute approximate surface area is 142 Å². The lowest BCUT2D eigenvalue weighted by molar-refractivity contribution is -0.122. The van der Waals surface area contributed by atoms with Gasteiger partial charge in [0.1, 0.15) is 0 Å². The Bertz CT molecular complexity index is 798. The van der Waals surface area contributed by atoms with Crippen LogP contribution in [0, 0.1) is 26.7 Å². The molecule has 1 saturated heterocycles. The van der Waals surface area contributed by atoms with Gasteiger partial charge in [-0.2, -0.15) is 0 Å². The number of nitrogens with zero attached hydrogens (tertiary/aromatic N) is 1. The van der Waals surface area contributed by atoms with Gasteiger partial charge in [-0.1, -0.05) is 30.3 Å². The lowest BCUT2D eigenvalue weighted by Crippen LogP contribution is -2.28. The molecule has 2 aromatic rings. The Balaban J connectivity index is 1.75. The first-order valence-electron chi connectivity index (χ1n) is 8.20. The third-order valence-electron chi connectivity index (χ3n) is 4.55. The molecular formula is C20H22N2O2. The van der Waals surface area contributed by atoms with Crippen molar-refractivity contribution in [1.82, 2.24) is 0 Å². The molecule has 1 heterocycles. The Morgan fingerprint density at radius 1 is 1.08 bits per heavy atom. The molecule has 1 atom stereocenters.